The molecule has 0 atom stereocenters. The summed E-state index contributed by atoms with van der Waals surface area (Å²) in [6.07, 6.45) is 0. The second-order valence-electron chi connectivity index (χ2n) is 6.42. The monoisotopic (exact) mass is 349 g/mol. The SMILES string of the molecule is CC(C)(C)NS(=O)(=O)c1cccc(-c2ccc(C(=O)O)cc2O)c1. The normalized spacial score (nSPS) is 12.1. The molecule has 128 valence electrons. The van der Waals surface area contributed by atoms with Gasteiger partial charge in [-0.15, -0.1) is 0 Å². The van der Waals surface area contributed by atoms with Crippen LogP contribution in [0.3, 0.4) is 0 Å². The van der Waals surface area contributed by atoms with Gasteiger partial charge in [-0.25, -0.2) is 17.9 Å². The zero-order valence-electron chi connectivity index (χ0n) is 13.6. The molecule has 0 spiro atoms. The Morgan fingerprint density at radius 2 is 1.75 bits per heavy atom. The van der Waals surface area contributed by atoms with Gasteiger partial charge in [0.1, 0.15) is 5.75 Å². The first kappa shape index (κ1) is 18.0. The summed E-state index contributed by atoms with van der Waals surface area (Å²) < 4.78 is 27.4. The highest BCUT2D eigenvalue weighted by atomic mass is 32.2. The zero-order valence-corrected chi connectivity index (χ0v) is 14.4. The van der Waals surface area contributed by atoms with Gasteiger partial charge in [0.05, 0.1) is 10.5 Å². The molecular formula is C17H19NO5S. The number of carboxylic acids is 1. The van der Waals surface area contributed by atoms with Crippen LogP contribution in [0.15, 0.2) is 47.4 Å². The maximum absolute atomic E-state index is 12.4. The van der Waals surface area contributed by atoms with Crippen LogP contribution >= 0.6 is 0 Å². The van der Waals surface area contributed by atoms with Crippen molar-refractivity contribution >= 4 is 16.0 Å². The molecule has 2 aromatic carbocycles. The summed E-state index contributed by atoms with van der Waals surface area (Å²) in [6, 6.07) is 10.0. The highest BCUT2D eigenvalue weighted by Gasteiger charge is 2.22. The van der Waals surface area contributed by atoms with E-state index in [4.69, 9.17) is 5.11 Å². The lowest BCUT2D eigenvalue weighted by Crippen LogP contribution is -2.40. The Bertz CT molecular complexity index is 882. The van der Waals surface area contributed by atoms with E-state index in [-0.39, 0.29) is 16.2 Å². The fourth-order valence-electron chi connectivity index (χ4n) is 2.20. The van der Waals surface area contributed by atoms with Gasteiger partial charge in [-0.2, -0.15) is 0 Å². The number of carboxylic acid groups (broad SMARTS) is 1. The summed E-state index contributed by atoms with van der Waals surface area (Å²) in [5.41, 5.74) is 0.156. The Morgan fingerprint density at radius 3 is 2.29 bits per heavy atom. The molecule has 2 aromatic rings. The minimum Gasteiger partial charge on any atom is -0.507 e. The number of nitrogens with one attached hydrogen (secondary N) is 1. The molecule has 0 saturated carbocycles. The second-order valence-corrected chi connectivity index (χ2v) is 8.10. The van der Waals surface area contributed by atoms with Crippen molar-refractivity contribution in [1.29, 1.82) is 0 Å². The number of hydrogen-bond acceptors (Lipinski definition) is 4. The quantitative estimate of drug-likeness (QED) is 0.787. The van der Waals surface area contributed by atoms with E-state index in [0.29, 0.717) is 11.1 Å². The number of aromatic hydroxyl groups is 1. The van der Waals surface area contributed by atoms with E-state index in [9.17, 15) is 18.3 Å². The largest absolute Gasteiger partial charge is 0.507 e. The summed E-state index contributed by atoms with van der Waals surface area (Å²) in [4.78, 5) is 11.0. The van der Waals surface area contributed by atoms with E-state index < -0.39 is 21.5 Å². The molecule has 0 aliphatic rings. The number of aromatic carboxylic acids is 1. The number of carbonyl (C=O) groups is 1. The van der Waals surface area contributed by atoms with E-state index in [0.717, 1.165) is 6.07 Å². The van der Waals surface area contributed by atoms with E-state index in [1.807, 2.05) is 0 Å². The van der Waals surface area contributed by atoms with Crippen LogP contribution in [0.5, 0.6) is 5.75 Å². The van der Waals surface area contributed by atoms with Gasteiger partial charge in [-0.05, 0) is 56.7 Å². The van der Waals surface area contributed by atoms with Gasteiger partial charge in [0, 0.05) is 11.1 Å². The standard InChI is InChI=1S/C17H19NO5S/c1-17(2,3)18-24(22,23)13-6-4-5-11(9-13)14-8-7-12(16(20)21)10-15(14)19/h4-10,18-19H,1-3H3,(H,20,21). The number of phenolic OH excluding ortho intramolecular Hbond substituents is 1. The molecule has 0 bridgehead atoms. The number of benzene rings is 2. The lowest BCUT2D eigenvalue weighted by Gasteiger charge is -2.20. The van der Waals surface area contributed by atoms with Gasteiger partial charge >= 0.3 is 5.97 Å². The predicted molar refractivity (Wildman–Crippen MR) is 90.6 cm³/mol. The van der Waals surface area contributed by atoms with Crippen LogP contribution < -0.4 is 4.72 Å². The molecule has 7 heteroatoms. The molecule has 6 nitrogen and oxygen atoms in total. The summed E-state index contributed by atoms with van der Waals surface area (Å²) >= 11 is 0. The van der Waals surface area contributed by atoms with Crippen molar-refractivity contribution in [1.82, 2.24) is 4.72 Å². The van der Waals surface area contributed by atoms with Crippen LogP contribution in [-0.4, -0.2) is 30.1 Å². The van der Waals surface area contributed by atoms with Crippen molar-refractivity contribution in [2.24, 2.45) is 0 Å². The average molecular weight is 349 g/mol. The first-order chi connectivity index (χ1) is 11.0. The van der Waals surface area contributed by atoms with Crippen molar-refractivity contribution in [3.8, 4) is 16.9 Å². The van der Waals surface area contributed by atoms with Crippen molar-refractivity contribution in [3.05, 3.63) is 48.0 Å². The van der Waals surface area contributed by atoms with E-state index in [1.165, 1.54) is 24.3 Å². The van der Waals surface area contributed by atoms with Gasteiger partial charge < -0.3 is 10.2 Å². The summed E-state index contributed by atoms with van der Waals surface area (Å²) in [5.74, 6) is -1.38. The third kappa shape index (κ3) is 4.12. The smallest absolute Gasteiger partial charge is 0.335 e. The van der Waals surface area contributed by atoms with E-state index >= 15 is 0 Å². The third-order valence-corrected chi connectivity index (χ3v) is 4.90. The molecule has 24 heavy (non-hydrogen) atoms. The molecule has 0 fully saturated rings. The Kier molecular flexibility index (Phi) is 4.68. The van der Waals surface area contributed by atoms with Crippen molar-refractivity contribution in [2.45, 2.75) is 31.2 Å². The maximum atomic E-state index is 12.4. The minimum atomic E-state index is -3.71. The lowest BCUT2D eigenvalue weighted by atomic mass is 10.0. The van der Waals surface area contributed by atoms with Gasteiger partial charge in [-0.3, -0.25) is 0 Å². The number of sulfonamides is 1. The lowest BCUT2D eigenvalue weighted by molar-refractivity contribution is 0.0696. The predicted octanol–water partition coefficient (Wildman–Crippen LogP) is 2.83. The zero-order chi connectivity index (χ0) is 18.1. The van der Waals surface area contributed by atoms with Gasteiger partial charge in [0.15, 0.2) is 0 Å². The van der Waals surface area contributed by atoms with Gasteiger partial charge in [0.2, 0.25) is 10.0 Å². The topological polar surface area (TPSA) is 104 Å². The molecule has 2 rings (SSSR count). The summed E-state index contributed by atoms with van der Waals surface area (Å²) in [5, 5.41) is 19.0. The Hall–Kier alpha value is -2.38. The van der Waals surface area contributed by atoms with Crippen LogP contribution in [0.25, 0.3) is 11.1 Å². The molecule has 0 aliphatic carbocycles. The van der Waals surface area contributed by atoms with Crippen molar-refractivity contribution < 1.29 is 23.4 Å². The molecule has 0 saturated heterocycles. The number of hydrogen-bond donors (Lipinski definition) is 3. The molecule has 0 radical (unpaired) electrons. The molecule has 0 aliphatic heterocycles. The first-order valence-electron chi connectivity index (χ1n) is 7.20. The van der Waals surface area contributed by atoms with Crippen LogP contribution in [0.2, 0.25) is 0 Å². The highest BCUT2D eigenvalue weighted by Crippen LogP contribution is 2.31. The molecule has 0 heterocycles. The molecule has 0 aromatic heterocycles. The van der Waals surface area contributed by atoms with E-state index in [2.05, 4.69) is 4.72 Å². The fourth-order valence-corrected chi connectivity index (χ4v) is 3.67. The van der Waals surface area contributed by atoms with E-state index in [1.54, 1.807) is 32.9 Å². The Labute approximate surface area is 140 Å². The maximum Gasteiger partial charge on any atom is 0.335 e. The molecule has 0 amide bonds. The van der Waals surface area contributed by atoms with Gasteiger partial charge in [-0.1, -0.05) is 12.1 Å². The molecule has 3 N–H and O–H groups in total. The fraction of sp³-hybridized carbons (Fsp3) is 0.235. The minimum absolute atomic E-state index is 0.0468. The Morgan fingerprint density at radius 1 is 1.08 bits per heavy atom. The molecular weight excluding hydrogens is 330 g/mol. The summed E-state index contributed by atoms with van der Waals surface area (Å²) in [6.45, 7) is 5.22. The van der Waals surface area contributed by atoms with Crippen LogP contribution in [0.4, 0.5) is 0 Å². The number of phenols is 1. The van der Waals surface area contributed by atoms with Crippen LogP contribution in [0, 0.1) is 0 Å². The Balaban J connectivity index is 2.47. The number of rotatable bonds is 4. The molecule has 0 unspecified atom stereocenters. The van der Waals surface area contributed by atoms with Crippen molar-refractivity contribution in [2.75, 3.05) is 0 Å². The third-order valence-electron chi connectivity index (χ3n) is 3.14. The second kappa shape index (κ2) is 6.26. The summed E-state index contributed by atoms with van der Waals surface area (Å²) in [7, 11) is -3.71. The average Bonchev–Trinajstić information content (AvgIpc) is 2.44. The van der Waals surface area contributed by atoms with Crippen LogP contribution in [-0.2, 0) is 10.0 Å². The van der Waals surface area contributed by atoms with Crippen LogP contribution in [0.1, 0.15) is 31.1 Å². The van der Waals surface area contributed by atoms with Gasteiger partial charge in [0.25, 0.3) is 0 Å². The van der Waals surface area contributed by atoms with Crippen molar-refractivity contribution in [3.63, 3.8) is 0 Å². The first-order valence-corrected chi connectivity index (χ1v) is 8.69. The highest BCUT2D eigenvalue weighted by molar-refractivity contribution is 7.89.